The highest BCUT2D eigenvalue weighted by molar-refractivity contribution is 7.89. The summed E-state index contributed by atoms with van der Waals surface area (Å²) in [6.07, 6.45) is 1.85. The van der Waals surface area contributed by atoms with Crippen LogP contribution < -0.4 is 10.0 Å². The van der Waals surface area contributed by atoms with Gasteiger partial charge in [-0.05, 0) is 31.0 Å². The van der Waals surface area contributed by atoms with Crippen molar-refractivity contribution >= 4 is 27.7 Å². The monoisotopic (exact) mass is 391 g/mol. The molecule has 138 valence electrons. The predicted molar refractivity (Wildman–Crippen MR) is 89.5 cm³/mol. The van der Waals surface area contributed by atoms with Gasteiger partial charge in [0.1, 0.15) is 10.7 Å². The first-order valence-corrected chi connectivity index (χ1v) is 9.83. The number of ether oxygens (including phenoxy) is 1. The number of sulfonamides is 1. The molecule has 2 aliphatic rings. The van der Waals surface area contributed by atoms with Crippen LogP contribution in [-0.2, 0) is 14.8 Å². The van der Waals surface area contributed by atoms with E-state index < -0.39 is 15.8 Å². The molecule has 0 aliphatic carbocycles. The molecule has 0 spiro atoms. The SMILES string of the molecule is O=C(NCCNS(=O)(=O)c1ccc(F)cc1Cl)N1C2CCC1COC2. The Morgan fingerprint density at radius 3 is 2.60 bits per heavy atom. The third-order valence-electron chi connectivity index (χ3n) is 4.35. The number of carbonyl (C=O) groups excluding carboxylic acids is 1. The Bertz CT molecular complexity index is 745. The van der Waals surface area contributed by atoms with Crippen LogP contribution in [0.2, 0.25) is 5.02 Å². The maximum absolute atomic E-state index is 13.0. The van der Waals surface area contributed by atoms with Crippen molar-refractivity contribution in [1.82, 2.24) is 14.9 Å². The molecule has 10 heteroatoms. The molecule has 2 bridgehead atoms. The summed E-state index contributed by atoms with van der Waals surface area (Å²) in [6, 6.07) is 3.03. The molecule has 2 unspecified atom stereocenters. The number of morpholine rings is 1. The van der Waals surface area contributed by atoms with Crippen LogP contribution in [0, 0.1) is 5.82 Å². The van der Waals surface area contributed by atoms with E-state index in [0.29, 0.717) is 13.2 Å². The molecule has 0 saturated carbocycles. The van der Waals surface area contributed by atoms with E-state index in [1.54, 1.807) is 4.90 Å². The van der Waals surface area contributed by atoms with Gasteiger partial charge in [-0.1, -0.05) is 11.6 Å². The molecule has 2 N–H and O–H groups in total. The number of carbonyl (C=O) groups is 1. The van der Waals surface area contributed by atoms with Crippen molar-refractivity contribution in [3.05, 3.63) is 29.0 Å². The van der Waals surface area contributed by atoms with Crippen LogP contribution in [0.4, 0.5) is 9.18 Å². The number of benzene rings is 1. The smallest absolute Gasteiger partial charge is 0.318 e. The number of nitrogens with zero attached hydrogens (tertiary/aromatic N) is 1. The molecule has 3 rings (SSSR count). The van der Waals surface area contributed by atoms with Gasteiger partial charge in [0, 0.05) is 13.1 Å². The van der Waals surface area contributed by atoms with Gasteiger partial charge in [0.15, 0.2) is 0 Å². The third kappa shape index (κ3) is 4.05. The van der Waals surface area contributed by atoms with Gasteiger partial charge < -0.3 is 15.0 Å². The highest BCUT2D eigenvalue weighted by Gasteiger charge is 2.40. The molecular formula is C15H19ClFN3O4S. The van der Waals surface area contributed by atoms with Gasteiger partial charge in [-0.25, -0.2) is 22.3 Å². The molecule has 1 aromatic carbocycles. The molecule has 0 radical (unpaired) electrons. The van der Waals surface area contributed by atoms with Crippen molar-refractivity contribution in [3.8, 4) is 0 Å². The van der Waals surface area contributed by atoms with Gasteiger partial charge in [0.2, 0.25) is 10.0 Å². The predicted octanol–water partition coefficient (Wildman–Crippen LogP) is 1.33. The van der Waals surface area contributed by atoms with Crippen LogP contribution in [0.25, 0.3) is 0 Å². The van der Waals surface area contributed by atoms with E-state index in [-0.39, 0.29) is 41.1 Å². The number of hydrogen-bond acceptors (Lipinski definition) is 4. The maximum atomic E-state index is 13.0. The van der Waals surface area contributed by atoms with Crippen molar-refractivity contribution in [1.29, 1.82) is 0 Å². The molecule has 2 saturated heterocycles. The van der Waals surface area contributed by atoms with Crippen LogP contribution in [0.15, 0.2) is 23.1 Å². The first kappa shape index (κ1) is 18.4. The number of rotatable bonds is 5. The second-order valence-corrected chi connectivity index (χ2v) is 8.18. The van der Waals surface area contributed by atoms with Crippen molar-refractivity contribution in [2.75, 3.05) is 26.3 Å². The number of fused-ring (bicyclic) bond motifs is 2. The van der Waals surface area contributed by atoms with Crippen LogP contribution in [-0.4, -0.2) is 57.7 Å². The zero-order valence-corrected chi connectivity index (χ0v) is 14.9. The first-order chi connectivity index (χ1) is 11.9. The summed E-state index contributed by atoms with van der Waals surface area (Å²) in [5.74, 6) is -0.614. The Morgan fingerprint density at radius 2 is 1.96 bits per heavy atom. The summed E-state index contributed by atoms with van der Waals surface area (Å²) in [6.45, 7) is 1.22. The first-order valence-electron chi connectivity index (χ1n) is 7.97. The highest BCUT2D eigenvalue weighted by atomic mass is 35.5. The lowest BCUT2D eigenvalue weighted by atomic mass is 10.2. The number of amides is 2. The molecule has 2 fully saturated rings. The van der Waals surface area contributed by atoms with E-state index in [2.05, 4.69) is 10.0 Å². The standard InChI is InChI=1S/C15H19ClFN3O4S/c16-13-7-10(17)1-4-14(13)25(22,23)19-6-5-18-15(21)20-11-2-3-12(20)9-24-8-11/h1,4,7,11-12,19H,2-3,5-6,8-9H2,(H,18,21). The fourth-order valence-electron chi connectivity index (χ4n) is 3.18. The summed E-state index contributed by atoms with van der Waals surface area (Å²) in [4.78, 5) is 13.9. The average molecular weight is 392 g/mol. The minimum atomic E-state index is -3.87. The van der Waals surface area contributed by atoms with E-state index in [9.17, 15) is 17.6 Å². The van der Waals surface area contributed by atoms with Gasteiger partial charge in [-0.15, -0.1) is 0 Å². The van der Waals surface area contributed by atoms with Crippen molar-refractivity contribution < 1.29 is 22.3 Å². The second kappa shape index (κ2) is 7.45. The summed E-state index contributed by atoms with van der Waals surface area (Å²) in [7, 11) is -3.87. The van der Waals surface area contributed by atoms with Gasteiger partial charge in [-0.3, -0.25) is 0 Å². The van der Waals surface area contributed by atoms with Gasteiger partial charge in [0.25, 0.3) is 0 Å². The molecule has 2 aliphatic heterocycles. The number of hydrogen-bond donors (Lipinski definition) is 2. The second-order valence-electron chi connectivity index (χ2n) is 6.03. The summed E-state index contributed by atoms with van der Waals surface area (Å²) < 4.78 is 45.1. The van der Waals surface area contributed by atoms with Crippen LogP contribution in [0.5, 0.6) is 0 Å². The molecular weight excluding hydrogens is 373 g/mol. The zero-order valence-electron chi connectivity index (χ0n) is 13.4. The summed E-state index contributed by atoms with van der Waals surface area (Å²) in [5.41, 5.74) is 0. The number of nitrogens with one attached hydrogen (secondary N) is 2. The largest absolute Gasteiger partial charge is 0.377 e. The Morgan fingerprint density at radius 1 is 1.28 bits per heavy atom. The van der Waals surface area contributed by atoms with Crippen molar-refractivity contribution in [2.24, 2.45) is 0 Å². The normalized spacial score (nSPS) is 22.9. The van der Waals surface area contributed by atoms with Crippen molar-refractivity contribution in [2.45, 2.75) is 29.8 Å². The average Bonchev–Trinajstić information content (AvgIpc) is 2.80. The molecule has 2 atom stereocenters. The zero-order chi connectivity index (χ0) is 18.0. The van der Waals surface area contributed by atoms with Crippen molar-refractivity contribution in [3.63, 3.8) is 0 Å². The minimum Gasteiger partial charge on any atom is -0.377 e. The molecule has 7 nitrogen and oxygen atoms in total. The van der Waals surface area contributed by atoms with Crippen LogP contribution in [0.1, 0.15) is 12.8 Å². The molecule has 2 heterocycles. The van der Waals surface area contributed by atoms with Crippen LogP contribution >= 0.6 is 11.6 Å². The van der Waals surface area contributed by atoms with E-state index in [1.165, 1.54) is 0 Å². The highest BCUT2D eigenvalue weighted by Crippen LogP contribution is 2.28. The van der Waals surface area contributed by atoms with E-state index in [4.69, 9.17) is 16.3 Å². The van der Waals surface area contributed by atoms with E-state index in [0.717, 1.165) is 31.0 Å². The van der Waals surface area contributed by atoms with Gasteiger partial charge in [-0.2, -0.15) is 0 Å². The fourth-order valence-corrected chi connectivity index (χ4v) is 4.74. The molecule has 0 aromatic heterocycles. The molecule has 25 heavy (non-hydrogen) atoms. The quantitative estimate of drug-likeness (QED) is 0.741. The van der Waals surface area contributed by atoms with E-state index >= 15 is 0 Å². The molecule has 2 amide bonds. The maximum Gasteiger partial charge on any atom is 0.318 e. The molecule has 1 aromatic rings. The Hall–Kier alpha value is -1.42. The lowest BCUT2D eigenvalue weighted by Crippen LogP contribution is -2.53. The number of halogens is 2. The number of urea groups is 1. The minimum absolute atomic E-state index is 0.00144. The lowest BCUT2D eigenvalue weighted by molar-refractivity contribution is 0.00647. The topological polar surface area (TPSA) is 87.7 Å². The van der Waals surface area contributed by atoms with Gasteiger partial charge >= 0.3 is 6.03 Å². The van der Waals surface area contributed by atoms with Crippen LogP contribution in [0.3, 0.4) is 0 Å². The Balaban J connectivity index is 1.50. The summed E-state index contributed by atoms with van der Waals surface area (Å²) >= 11 is 5.77. The third-order valence-corrected chi connectivity index (χ3v) is 6.30. The van der Waals surface area contributed by atoms with E-state index in [1.807, 2.05) is 0 Å². The summed E-state index contributed by atoms with van der Waals surface area (Å²) in [5, 5.41) is 2.52. The fraction of sp³-hybridized carbons (Fsp3) is 0.533. The Labute approximate surface area is 150 Å². The Kier molecular flexibility index (Phi) is 5.47. The lowest BCUT2D eigenvalue weighted by Gasteiger charge is -2.34. The van der Waals surface area contributed by atoms with Gasteiger partial charge in [0.05, 0.1) is 30.3 Å².